The van der Waals surface area contributed by atoms with Crippen molar-refractivity contribution < 1.29 is 23.1 Å². The van der Waals surface area contributed by atoms with Crippen LogP contribution in [-0.2, 0) is 25.8 Å². The van der Waals surface area contributed by atoms with Gasteiger partial charge in [0.1, 0.15) is 11.8 Å². The van der Waals surface area contributed by atoms with E-state index in [0.717, 1.165) is 5.56 Å². The topological polar surface area (TPSA) is 101 Å². The van der Waals surface area contributed by atoms with Crippen molar-refractivity contribution in [2.24, 2.45) is 0 Å². The van der Waals surface area contributed by atoms with Crippen LogP contribution in [0.5, 0.6) is 0 Å². The first-order valence-electron chi connectivity index (χ1n) is 6.60. The van der Waals surface area contributed by atoms with Gasteiger partial charge in [0, 0.05) is 6.42 Å². The Hall–Kier alpha value is -1.89. The summed E-state index contributed by atoms with van der Waals surface area (Å²) in [4.78, 5) is 22.9. The fourth-order valence-corrected chi connectivity index (χ4v) is 3.12. The van der Waals surface area contributed by atoms with Gasteiger partial charge in [0.15, 0.2) is 9.84 Å². The molecule has 0 spiro atoms. The lowest BCUT2D eigenvalue weighted by Crippen LogP contribution is -2.44. The maximum absolute atomic E-state index is 11.7. The Kier molecular flexibility index (Phi) is 6.36. The normalized spacial score (nSPS) is 12.6. The first-order chi connectivity index (χ1) is 9.84. The minimum absolute atomic E-state index is 0.0865. The molecule has 0 radical (unpaired) electrons. The number of aliphatic carboxylic acids is 1. The predicted molar refractivity (Wildman–Crippen MR) is 78.7 cm³/mol. The average Bonchev–Trinajstić information content (AvgIpc) is 2.38. The van der Waals surface area contributed by atoms with Crippen LogP contribution in [0.15, 0.2) is 30.3 Å². The van der Waals surface area contributed by atoms with Gasteiger partial charge in [-0.3, -0.25) is 4.79 Å². The van der Waals surface area contributed by atoms with E-state index in [1.54, 1.807) is 37.3 Å². The fourth-order valence-electron chi connectivity index (χ4n) is 1.87. The smallest absolute Gasteiger partial charge is 0.326 e. The van der Waals surface area contributed by atoms with Gasteiger partial charge in [-0.05, 0) is 12.0 Å². The molecule has 0 aliphatic heterocycles. The van der Waals surface area contributed by atoms with Gasteiger partial charge in [0.2, 0.25) is 5.91 Å². The number of carbonyl (C=O) groups excluding carboxylic acids is 1. The first kappa shape index (κ1) is 17.2. The molecule has 1 rings (SSSR count). The zero-order valence-corrected chi connectivity index (χ0v) is 12.6. The van der Waals surface area contributed by atoms with Crippen molar-refractivity contribution in [2.45, 2.75) is 25.8 Å². The number of carbonyl (C=O) groups is 2. The zero-order valence-electron chi connectivity index (χ0n) is 11.8. The van der Waals surface area contributed by atoms with Crippen LogP contribution in [0.25, 0.3) is 0 Å². The molecule has 7 heteroatoms. The third-order valence-electron chi connectivity index (χ3n) is 2.78. The summed E-state index contributed by atoms with van der Waals surface area (Å²) in [5.41, 5.74) is 0.751. The molecule has 0 heterocycles. The maximum atomic E-state index is 11.7. The maximum Gasteiger partial charge on any atom is 0.326 e. The molecule has 0 saturated carbocycles. The summed E-state index contributed by atoms with van der Waals surface area (Å²) in [6.45, 7) is 1.70. The van der Waals surface area contributed by atoms with Gasteiger partial charge in [-0.2, -0.15) is 0 Å². The van der Waals surface area contributed by atoms with Crippen LogP contribution >= 0.6 is 0 Å². The Bertz CT molecular complexity index is 583. The molecule has 0 bridgehead atoms. The monoisotopic (exact) mass is 313 g/mol. The summed E-state index contributed by atoms with van der Waals surface area (Å²) in [6.07, 6.45) is 0.526. The average molecular weight is 313 g/mol. The summed E-state index contributed by atoms with van der Waals surface area (Å²) in [5.74, 6) is -2.75. The molecule has 1 amide bonds. The van der Waals surface area contributed by atoms with Gasteiger partial charge in [0.25, 0.3) is 0 Å². The standard InChI is InChI=1S/C14H19NO5S/c1-2-8-21(19,20)10-13(16)15-12(14(17)18)9-11-6-4-3-5-7-11/h3-7,12H,2,8-10H2,1H3,(H,15,16)(H,17,18). The van der Waals surface area contributed by atoms with Crippen molar-refractivity contribution in [3.8, 4) is 0 Å². The Balaban J connectivity index is 2.67. The summed E-state index contributed by atoms with van der Waals surface area (Å²) >= 11 is 0. The highest BCUT2D eigenvalue weighted by molar-refractivity contribution is 7.92. The molecule has 0 aliphatic carbocycles. The van der Waals surface area contributed by atoms with E-state index in [1.807, 2.05) is 0 Å². The minimum Gasteiger partial charge on any atom is -0.480 e. The van der Waals surface area contributed by atoms with Gasteiger partial charge >= 0.3 is 5.97 Å². The number of carboxylic acid groups (broad SMARTS) is 1. The van der Waals surface area contributed by atoms with E-state index < -0.39 is 33.5 Å². The largest absolute Gasteiger partial charge is 0.480 e. The van der Waals surface area contributed by atoms with E-state index >= 15 is 0 Å². The number of amides is 1. The zero-order chi connectivity index (χ0) is 15.9. The van der Waals surface area contributed by atoms with Gasteiger partial charge in [-0.15, -0.1) is 0 Å². The molecule has 6 nitrogen and oxygen atoms in total. The molecule has 21 heavy (non-hydrogen) atoms. The lowest BCUT2D eigenvalue weighted by atomic mass is 10.1. The summed E-state index contributed by atoms with van der Waals surface area (Å²) < 4.78 is 23.1. The number of carboxylic acids is 1. The molecule has 1 aromatic carbocycles. The van der Waals surface area contributed by atoms with Gasteiger partial charge in [0.05, 0.1) is 5.75 Å². The molecule has 1 unspecified atom stereocenters. The summed E-state index contributed by atoms with van der Waals surface area (Å²) in [5, 5.41) is 11.4. The van der Waals surface area contributed by atoms with E-state index in [1.165, 1.54) is 0 Å². The summed E-state index contributed by atoms with van der Waals surface area (Å²) in [6, 6.07) is 7.68. The third-order valence-corrected chi connectivity index (χ3v) is 4.51. The van der Waals surface area contributed by atoms with Crippen LogP contribution < -0.4 is 5.32 Å². The highest BCUT2D eigenvalue weighted by atomic mass is 32.2. The van der Waals surface area contributed by atoms with Crippen molar-refractivity contribution in [2.75, 3.05) is 11.5 Å². The number of rotatable bonds is 8. The van der Waals surface area contributed by atoms with Crippen LogP contribution in [0, 0.1) is 0 Å². The molecular formula is C14H19NO5S. The van der Waals surface area contributed by atoms with Crippen molar-refractivity contribution in [3.05, 3.63) is 35.9 Å². The van der Waals surface area contributed by atoms with E-state index in [9.17, 15) is 18.0 Å². The van der Waals surface area contributed by atoms with E-state index in [0.29, 0.717) is 6.42 Å². The van der Waals surface area contributed by atoms with E-state index in [4.69, 9.17) is 5.11 Å². The Morgan fingerprint density at radius 3 is 2.38 bits per heavy atom. The SMILES string of the molecule is CCCS(=O)(=O)CC(=O)NC(Cc1ccccc1)C(=O)O. The number of hydrogen-bond donors (Lipinski definition) is 2. The Morgan fingerprint density at radius 1 is 1.24 bits per heavy atom. The van der Waals surface area contributed by atoms with Crippen LogP contribution in [0.4, 0.5) is 0 Å². The van der Waals surface area contributed by atoms with Crippen LogP contribution in [0.2, 0.25) is 0 Å². The van der Waals surface area contributed by atoms with Crippen molar-refractivity contribution in [1.82, 2.24) is 5.32 Å². The van der Waals surface area contributed by atoms with Gasteiger partial charge < -0.3 is 10.4 Å². The van der Waals surface area contributed by atoms with Crippen molar-refractivity contribution in [1.29, 1.82) is 0 Å². The molecular weight excluding hydrogens is 294 g/mol. The number of benzene rings is 1. The van der Waals surface area contributed by atoms with Crippen LogP contribution in [-0.4, -0.2) is 42.9 Å². The molecule has 0 aromatic heterocycles. The number of hydrogen-bond acceptors (Lipinski definition) is 4. The molecule has 1 aromatic rings. The predicted octanol–water partition coefficient (Wildman–Crippen LogP) is 0.623. The molecule has 116 valence electrons. The highest BCUT2D eigenvalue weighted by Gasteiger charge is 2.23. The second-order valence-corrected chi connectivity index (χ2v) is 6.92. The highest BCUT2D eigenvalue weighted by Crippen LogP contribution is 2.04. The van der Waals surface area contributed by atoms with E-state index in [2.05, 4.69) is 5.32 Å². The van der Waals surface area contributed by atoms with Gasteiger partial charge in [-0.25, -0.2) is 13.2 Å². The third kappa shape index (κ3) is 6.40. The van der Waals surface area contributed by atoms with Crippen LogP contribution in [0.1, 0.15) is 18.9 Å². The Morgan fingerprint density at radius 2 is 1.86 bits per heavy atom. The van der Waals surface area contributed by atoms with Gasteiger partial charge in [-0.1, -0.05) is 37.3 Å². The quantitative estimate of drug-likeness (QED) is 0.733. The molecule has 0 aliphatic rings. The molecule has 0 saturated heterocycles. The van der Waals surface area contributed by atoms with Crippen molar-refractivity contribution >= 4 is 21.7 Å². The second kappa shape index (κ2) is 7.78. The van der Waals surface area contributed by atoms with E-state index in [-0.39, 0.29) is 12.2 Å². The van der Waals surface area contributed by atoms with Crippen LogP contribution in [0.3, 0.4) is 0 Å². The molecule has 1 atom stereocenters. The second-order valence-electron chi connectivity index (χ2n) is 4.74. The summed E-state index contributed by atoms with van der Waals surface area (Å²) in [7, 11) is -3.48. The molecule has 0 fully saturated rings. The lowest BCUT2D eigenvalue weighted by Gasteiger charge is -2.14. The fraction of sp³-hybridized carbons (Fsp3) is 0.429. The number of sulfone groups is 1. The molecule has 2 N–H and O–H groups in total. The first-order valence-corrected chi connectivity index (χ1v) is 8.42. The van der Waals surface area contributed by atoms with Crippen molar-refractivity contribution in [3.63, 3.8) is 0 Å². The number of nitrogens with one attached hydrogen (secondary N) is 1. The Labute approximate surface area is 124 Å². The lowest BCUT2D eigenvalue weighted by molar-refractivity contribution is -0.141. The minimum atomic E-state index is -3.48.